The topological polar surface area (TPSA) is 117 Å². The second kappa shape index (κ2) is 38.7. The summed E-state index contributed by atoms with van der Waals surface area (Å²) >= 11 is 0. The van der Waals surface area contributed by atoms with Gasteiger partial charge in [-0.25, -0.2) is 4.57 Å². The lowest BCUT2D eigenvalue weighted by Gasteiger charge is -2.20. The van der Waals surface area contributed by atoms with Crippen LogP contribution in [0, 0.1) is 0 Å². The van der Waals surface area contributed by atoms with Crippen molar-refractivity contribution < 1.29 is 32.8 Å². The molecule has 0 aromatic rings. The molecule has 292 valence electrons. The second-order valence-corrected chi connectivity index (χ2v) is 14.6. The van der Waals surface area contributed by atoms with Crippen LogP contribution in [0.1, 0.15) is 168 Å². The van der Waals surface area contributed by atoms with E-state index in [1.807, 2.05) is 0 Å². The van der Waals surface area contributed by atoms with Gasteiger partial charge in [-0.2, -0.15) is 0 Å². The van der Waals surface area contributed by atoms with Crippen molar-refractivity contribution in [1.29, 1.82) is 0 Å². The molecular formula is C41H76NO7P. The summed E-state index contributed by atoms with van der Waals surface area (Å²) < 4.78 is 33.3. The normalized spacial score (nSPS) is 14.1. The molecule has 0 fully saturated rings. The number of phosphoric acid groups is 1. The molecule has 3 N–H and O–H groups in total. The van der Waals surface area contributed by atoms with Crippen molar-refractivity contribution in [2.24, 2.45) is 5.73 Å². The van der Waals surface area contributed by atoms with Gasteiger partial charge in [0.1, 0.15) is 6.10 Å². The lowest BCUT2D eigenvalue weighted by molar-refractivity contribution is -0.154. The largest absolute Gasteiger partial charge is 0.472 e. The summed E-state index contributed by atoms with van der Waals surface area (Å²) in [7, 11) is -4.28. The molecule has 0 aliphatic carbocycles. The van der Waals surface area contributed by atoms with Gasteiger partial charge in [0.05, 0.1) is 19.8 Å². The van der Waals surface area contributed by atoms with E-state index in [-0.39, 0.29) is 32.3 Å². The van der Waals surface area contributed by atoms with E-state index < -0.39 is 13.9 Å². The fourth-order valence-electron chi connectivity index (χ4n) is 5.30. The minimum atomic E-state index is -4.28. The highest BCUT2D eigenvalue weighted by atomic mass is 31.2. The van der Waals surface area contributed by atoms with E-state index in [1.54, 1.807) is 0 Å². The van der Waals surface area contributed by atoms with Gasteiger partial charge in [0.25, 0.3) is 0 Å². The van der Waals surface area contributed by atoms with Crippen LogP contribution in [0.4, 0.5) is 0 Å². The molecule has 0 spiro atoms. The Morgan fingerprint density at radius 2 is 1.12 bits per heavy atom. The van der Waals surface area contributed by atoms with Gasteiger partial charge in [0.15, 0.2) is 0 Å². The standard InChI is InChI=1S/C41H76NO7P/c1-3-5-7-9-11-13-15-17-19-21-23-25-27-29-31-33-36-46-38-40(39-48-50(44,45)47-37-35-42)49-41(43)34-32-30-28-26-24-22-20-18-16-14-12-10-8-6-4-2/h5,7,11,13,17-20,40H,3-4,6,8-10,12,14-16,21-39,42H2,1-2H3,(H,44,45)/b7-5-,13-11-,19-17-,20-18-. The second-order valence-electron chi connectivity index (χ2n) is 13.1. The van der Waals surface area contributed by atoms with E-state index in [0.717, 1.165) is 77.0 Å². The number of esters is 1. The van der Waals surface area contributed by atoms with Crippen LogP contribution in [-0.2, 0) is 27.9 Å². The molecule has 0 heterocycles. The van der Waals surface area contributed by atoms with Crippen LogP contribution in [0.15, 0.2) is 48.6 Å². The minimum absolute atomic E-state index is 0.0951. The molecule has 0 rings (SSSR count). The first-order valence-corrected chi connectivity index (χ1v) is 21.6. The third-order valence-corrected chi connectivity index (χ3v) is 9.21. The Bertz CT molecular complexity index is 905. The monoisotopic (exact) mass is 726 g/mol. The number of carbonyl (C=O) groups is 1. The Balaban J connectivity index is 4.11. The van der Waals surface area contributed by atoms with Crippen LogP contribution in [0.2, 0.25) is 0 Å². The Labute approximate surface area is 307 Å². The average Bonchev–Trinajstić information content (AvgIpc) is 3.10. The quantitative estimate of drug-likeness (QED) is 0.0279. The molecule has 9 heteroatoms. The molecule has 0 aromatic carbocycles. The van der Waals surface area contributed by atoms with Crippen molar-refractivity contribution in [2.45, 2.75) is 174 Å². The molecule has 0 bridgehead atoms. The first-order valence-electron chi connectivity index (χ1n) is 20.1. The summed E-state index contributed by atoms with van der Waals surface area (Å²) in [4.78, 5) is 22.4. The maximum Gasteiger partial charge on any atom is 0.472 e. The lowest BCUT2D eigenvalue weighted by Crippen LogP contribution is -2.28. The highest BCUT2D eigenvalue weighted by Crippen LogP contribution is 2.43. The molecule has 0 radical (unpaired) electrons. The number of unbranched alkanes of at least 4 members (excludes halogenated alkanes) is 17. The van der Waals surface area contributed by atoms with Crippen molar-refractivity contribution in [3.05, 3.63) is 48.6 Å². The Hall–Kier alpha value is -1.54. The van der Waals surface area contributed by atoms with E-state index in [0.29, 0.717) is 13.0 Å². The summed E-state index contributed by atoms with van der Waals surface area (Å²) in [5, 5.41) is 0. The Morgan fingerprint density at radius 3 is 1.70 bits per heavy atom. The van der Waals surface area contributed by atoms with Crippen LogP contribution in [0.5, 0.6) is 0 Å². The summed E-state index contributed by atoms with van der Waals surface area (Å²) in [6.45, 7) is 4.76. The zero-order valence-corrected chi connectivity index (χ0v) is 33.0. The van der Waals surface area contributed by atoms with Crippen LogP contribution >= 0.6 is 7.82 Å². The van der Waals surface area contributed by atoms with E-state index in [2.05, 4.69) is 62.5 Å². The van der Waals surface area contributed by atoms with Crippen molar-refractivity contribution in [1.82, 2.24) is 0 Å². The third kappa shape index (κ3) is 37.7. The van der Waals surface area contributed by atoms with Crippen LogP contribution < -0.4 is 5.73 Å². The molecule has 0 saturated heterocycles. The molecule has 2 atom stereocenters. The number of phosphoric ester groups is 1. The van der Waals surface area contributed by atoms with E-state index >= 15 is 0 Å². The van der Waals surface area contributed by atoms with Gasteiger partial charge in [-0.3, -0.25) is 13.8 Å². The van der Waals surface area contributed by atoms with Gasteiger partial charge < -0.3 is 20.1 Å². The molecule has 0 aliphatic rings. The van der Waals surface area contributed by atoms with Gasteiger partial charge in [-0.15, -0.1) is 0 Å². The molecular weight excluding hydrogens is 649 g/mol. The van der Waals surface area contributed by atoms with Crippen molar-refractivity contribution >= 4 is 13.8 Å². The zero-order valence-electron chi connectivity index (χ0n) is 32.1. The van der Waals surface area contributed by atoms with Gasteiger partial charge >= 0.3 is 13.8 Å². The summed E-state index contributed by atoms with van der Waals surface area (Å²) in [6, 6.07) is 0. The third-order valence-electron chi connectivity index (χ3n) is 8.23. The van der Waals surface area contributed by atoms with Crippen molar-refractivity contribution in [3.63, 3.8) is 0 Å². The molecule has 0 amide bonds. The lowest BCUT2D eigenvalue weighted by atomic mass is 10.1. The number of allylic oxidation sites excluding steroid dienone is 8. The van der Waals surface area contributed by atoms with E-state index in [1.165, 1.54) is 70.6 Å². The van der Waals surface area contributed by atoms with E-state index in [4.69, 9.17) is 24.3 Å². The summed E-state index contributed by atoms with van der Waals surface area (Å²) in [5.41, 5.74) is 5.36. The number of carbonyl (C=O) groups excluding carboxylic acids is 1. The molecule has 8 nitrogen and oxygen atoms in total. The fourth-order valence-corrected chi connectivity index (χ4v) is 6.06. The Kier molecular flexibility index (Phi) is 37.5. The first kappa shape index (κ1) is 48.5. The molecule has 50 heavy (non-hydrogen) atoms. The van der Waals surface area contributed by atoms with E-state index in [9.17, 15) is 14.3 Å². The zero-order chi connectivity index (χ0) is 36.6. The van der Waals surface area contributed by atoms with Crippen LogP contribution in [-0.4, -0.2) is 49.9 Å². The number of hydrogen-bond donors (Lipinski definition) is 2. The predicted molar refractivity (Wildman–Crippen MR) is 210 cm³/mol. The van der Waals surface area contributed by atoms with Gasteiger partial charge in [0.2, 0.25) is 0 Å². The van der Waals surface area contributed by atoms with Gasteiger partial charge in [-0.05, 0) is 70.6 Å². The van der Waals surface area contributed by atoms with Crippen LogP contribution in [0.25, 0.3) is 0 Å². The molecule has 0 aliphatic heterocycles. The van der Waals surface area contributed by atoms with Crippen LogP contribution in [0.3, 0.4) is 0 Å². The number of hydrogen-bond acceptors (Lipinski definition) is 7. The predicted octanol–water partition coefficient (Wildman–Crippen LogP) is 11.6. The number of nitrogens with two attached hydrogens (primary N) is 1. The maximum absolute atomic E-state index is 12.5. The SMILES string of the molecule is CC/C=C\C/C=C\C/C=C\CCCCCCCCOCC(COP(=O)(O)OCCN)OC(=O)CCCCCCC/C=C\CCCCCCCC. The highest BCUT2D eigenvalue weighted by molar-refractivity contribution is 7.47. The molecule has 0 aromatic heterocycles. The summed E-state index contributed by atoms with van der Waals surface area (Å²) in [6.07, 6.45) is 44.1. The Morgan fingerprint density at radius 1 is 0.620 bits per heavy atom. The molecule has 0 saturated carbocycles. The maximum atomic E-state index is 12.5. The van der Waals surface area contributed by atoms with Gasteiger partial charge in [-0.1, -0.05) is 140 Å². The minimum Gasteiger partial charge on any atom is -0.457 e. The highest BCUT2D eigenvalue weighted by Gasteiger charge is 2.25. The van der Waals surface area contributed by atoms with Crippen molar-refractivity contribution in [3.8, 4) is 0 Å². The molecule has 2 unspecified atom stereocenters. The average molecular weight is 726 g/mol. The number of ether oxygens (including phenoxy) is 2. The first-order chi connectivity index (χ1) is 24.4. The van der Waals surface area contributed by atoms with Gasteiger partial charge in [0, 0.05) is 19.6 Å². The smallest absolute Gasteiger partial charge is 0.457 e. The number of rotatable bonds is 38. The van der Waals surface area contributed by atoms with Crippen molar-refractivity contribution in [2.75, 3.05) is 33.0 Å². The summed E-state index contributed by atoms with van der Waals surface area (Å²) in [5.74, 6) is -0.346. The fraction of sp³-hybridized carbons (Fsp3) is 0.780.